The molecular weight excluding hydrogens is 288 g/mol. The molecule has 3 nitrogen and oxygen atoms in total. The number of rotatable bonds is 3. The normalized spacial score (nSPS) is 18.4. The van der Waals surface area contributed by atoms with Crippen LogP contribution >= 0.6 is 23.1 Å². The molecule has 2 aromatic rings. The maximum Gasteiger partial charge on any atom is 0.263 e. The highest BCUT2D eigenvalue weighted by molar-refractivity contribution is 7.99. The van der Waals surface area contributed by atoms with Crippen molar-refractivity contribution in [2.45, 2.75) is 51.7 Å². The van der Waals surface area contributed by atoms with Gasteiger partial charge in [-0.05, 0) is 43.4 Å². The summed E-state index contributed by atoms with van der Waals surface area (Å²) in [6, 6.07) is 0. The minimum absolute atomic E-state index is 0.167. The van der Waals surface area contributed by atoms with Crippen molar-refractivity contribution >= 4 is 33.3 Å². The van der Waals surface area contributed by atoms with E-state index in [0.717, 1.165) is 39.9 Å². The SMILES string of the molecule is CCSc1nc2sc3c(c2c(=O)n1CC)CC[C@H](C)C3. The molecule has 2 aromatic heterocycles. The number of aryl methyl sites for hydroxylation is 1. The van der Waals surface area contributed by atoms with Crippen LogP contribution < -0.4 is 5.56 Å². The Morgan fingerprint density at radius 2 is 2.25 bits per heavy atom. The van der Waals surface area contributed by atoms with Gasteiger partial charge in [0.15, 0.2) is 5.16 Å². The van der Waals surface area contributed by atoms with Gasteiger partial charge >= 0.3 is 0 Å². The molecule has 1 atom stereocenters. The molecule has 1 aliphatic rings. The summed E-state index contributed by atoms with van der Waals surface area (Å²) in [6.45, 7) is 7.12. The van der Waals surface area contributed by atoms with Gasteiger partial charge in [-0.25, -0.2) is 4.98 Å². The number of thioether (sulfide) groups is 1. The predicted octanol–water partition coefficient (Wildman–Crippen LogP) is 3.71. The van der Waals surface area contributed by atoms with Crippen molar-refractivity contribution in [1.82, 2.24) is 9.55 Å². The molecule has 0 fully saturated rings. The van der Waals surface area contributed by atoms with Gasteiger partial charge in [-0.1, -0.05) is 25.6 Å². The lowest BCUT2D eigenvalue weighted by atomic mass is 9.89. The van der Waals surface area contributed by atoms with Gasteiger partial charge in [0.2, 0.25) is 0 Å². The van der Waals surface area contributed by atoms with Gasteiger partial charge < -0.3 is 0 Å². The molecule has 2 heterocycles. The molecular formula is C15H20N2OS2. The molecule has 0 radical (unpaired) electrons. The topological polar surface area (TPSA) is 34.9 Å². The van der Waals surface area contributed by atoms with Crippen molar-refractivity contribution in [2.75, 3.05) is 5.75 Å². The van der Waals surface area contributed by atoms with E-state index in [4.69, 9.17) is 4.98 Å². The Kier molecular flexibility index (Phi) is 3.91. The first-order valence-corrected chi connectivity index (χ1v) is 9.13. The van der Waals surface area contributed by atoms with Crippen LogP contribution in [0.1, 0.15) is 37.6 Å². The van der Waals surface area contributed by atoms with Crippen LogP contribution in [-0.4, -0.2) is 15.3 Å². The first-order chi connectivity index (χ1) is 9.65. The summed E-state index contributed by atoms with van der Waals surface area (Å²) in [4.78, 5) is 19.9. The largest absolute Gasteiger partial charge is 0.287 e. The van der Waals surface area contributed by atoms with Crippen molar-refractivity contribution in [3.05, 3.63) is 20.8 Å². The highest BCUT2D eigenvalue weighted by Crippen LogP contribution is 2.36. The van der Waals surface area contributed by atoms with E-state index in [9.17, 15) is 4.79 Å². The van der Waals surface area contributed by atoms with Gasteiger partial charge in [0.1, 0.15) is 4.83 Å². The molecule has 0 aliphatic heterocycles. The van der Waals surface area contributed by atoms with Crippen LogP contribution in [0.5, 0.6) is 0 Å². The zero-order valence-electron chi connectivity index (χ0n) is 12.2. The minimum atomic E-state index is 0.167. The fourth-order valence-electron chi connectivity index (χ4n) is 2.92. The van der Waals surface area contributed by atoms with Crippen molar-refractivity contribution in [1.29, 1.82) is 0 Å². The molecule has 108 valence electrons. The Hall–Kier alpha value is -0.810. The molecule has 5 heteroatoms. The standard InChI is InChI=1S/C15H20N2OS2/c1-4-17-14(18)12-10-7-6-9(3)8-11(10)20-13(12)16-15(17)19-5-2/h9H,4-8H2,1-3H3/t9-/m0/s1. The van der Waals surface area contributed by atoms with E-state index in [0.29, 0.717) is 6.54 Å². The third kappa shape index (κ3) is 2.21. The molecule has 0 saturated heterocycles. The molecule has 0 amide bonds. The van der Waals surface area contributed by atoms with Gasteiger partial charge in [-0.15, -0.1) is 11.3 Å². The van der Waals surface area contributed by atoms with Crippen molar-refractivity contribution in [2.24, 2.45) is 5.92 Å². The van der Waals surface area contributed by atoms with Crippen LogP contribution in [0, 0.1) is 5.92 Å². The molecule has 20 heavy (non-hydrogen) atoms. The molecule has 0 N–H and O–H groups in total. The third-order valence-electron chi connectivity index (χ3n) is 3.97. The smallest absolute Gasteiger partial charge is 0.263 e. The van der Waals surface area contributed by atoms with E-state index in [1.54, 1.807) is 23.1 Å². The van der Waals surface area contributed by atoms with E-state index in [2.05, 4.69) is 13.8 Å². The first-order valence-electron chi connectivity index (χ1n) is 7.33. The van der Waals surface area contributed by atoms with Crippen molar-refractivity contribution in [3.63, 3.8) is 0 Å². The van der Waals surface area contributed by atoms with Crippen LogP contribution in [0.2, 0.25) is 0 Å². The molecule has 0 bridgehead atoms. The van der Waals surface area contributed by atoms with Gasteiger partial charge in [0.25, 0.3) is 5.56 Å². The van der Waals surface area contributed by atoms with Gasteiger partial charge in [-0.2, -0.15) is 0 Å². The van der Waals surface area contributed by atoms with E-state index >= 15 is 0 Å². The number of hydrogen-bond acceptors (Lipinski definition) is 4. The summed E-state index contributed by atoms with van der Waals surface area (Å²) < 4.78 is 1.83. The summed E-state index contributed by atoms with van der Waals surface area (Å²) in [6.07, 6.45) is 3.34. The number of nitrogens with zero attached hydrogens (tertiary/aromatic N) is 2. The molecule has 0 unspecified atom stereocenters. The maximum absolute atomic E-state index is 12.8. The summed E-state index contributed by atoms with van der Waals surface area (Å²) in [5.41, 5.74) is 1.45. The predicted molar refractivity (Wildman–Crippen MR) is 87.1 cm³/mol. The molecule has 1 aliphatic carbocycles. The monoisotopic (exact) mass is 308 g/mol. The zero-order valence-corrected chi connectivity index (χ0v) is 13.9. The van der Waals surface area contributed by atoms with Crippen LogP contribution in [0.3, 0.4) is 0 Å². The molecule has 0 aromatic carbocycles. The molecule has 0 saturated carbocycles. The van der Waals surface area contributed by atoms with Crippen LogP contribution in [0.25, 0.3) is 10.2 Å². The average Bonchev–Trinajstić information content (AvgIpc) is 2.76. The second-order valence-corrected chi connectivity index (χ2v) is 7.72. The van der Waals surface area contributed by atoms with E-state index in [1.165, 1.54) is 16.9 Å². The van der Waals surface area contributed by atoms with E-state index in [1.807, 2.05) is 11.5 Å². The number of thiophene rings is 1. The minimum Gasteiger partial charge on any atom is -0.287 e. The Morgan fingerprint density at radius 3 is 2.95 bits per heavy atom. The number of aromatic nitrogens is 2. The van der Waals surface area contributed by atoms with Crippen LogP contribution in [-0.2, 0) is 19.4 Å². The lowest BCUT2D eigenvalue weighted by Gasteiger charge is -2.17. The second kappa shape index (κ2) is 5.53. The maximum atomic E-state index is 12.8. The Bertz CT molecular complexity index is 702. The van der Waals surface area contributed by atoms with Crippen LogP contribution in [0.4, 0.5) is 0 Å². The summed E-state index contributed by atoms with van der Waals surface area (Å²) in [5, 5.41) is 1.78. The average molecular weight is 308 g/mol. The van der Waals surface area contributed by atoms with E-state index in [-0.39, 0.29) is 5.56 Å². The lowest BCUT2D eigenvalue weighted by Crippen LogP contribution is -2.23. The summed E-state index contributed by atoms with van der Waals surface area (Å²) in [5.74, 6) is 1.67. The van der Waals surface area contributed by atoms with E-state index < -0.39 is 0 Å². The summed E-state index contributed by atoms with van der Waals surface area (Å²) >= 11 is 3.40. The Labute approximate surface area is 127 Å². The quantitative estimate of drug-likeness (QED) is 0.640. The molecule has 3 rings (SSSR count). The van der Waals surface area contributed by atoms with Gasteiger partial charge in [0.05, 0.1) is 5.39 Å². The highest BCUT2D eigenvalue weighted by atomic mass is 32.2. The fourth-order valence-corrected chi connectivity index (χ4v) is 5.14. The van der Waals surface area contributed by atoms with Crippen molar-refractivity contribution < 1.29 is 0 Å². The number of fused-ring (bicyclic) bond motifs is 3. The van der Waals surface area contributed by atoms with Crippen LogP contribution in [0.15, 0.2) is 9.95 Å². The van der Waals surface area contributed by atoms with Gasteiger partial charge in [0, 0.05) is 11.4 Å². The Balaban J connectivity index is 2.26. The second-order valence-electron chi connectivity index (χ2n) is 5.41. The zero-order chi connectivity index (χ0) is 14.3. The highest BCUT2D eigenvalue weighted by Gasteiger charge is 2.24. The fraction of sp³-hybridized carbons (Fsp3) is 0.600. The first kappa shape index (κ1) is 14.1. The Morgan fingerprint density at radius 1 is 1.45 bits per heavy atom. The van der Waals surface area contributed by atoms with Crippen molar-refractivity contribution in [3.8, 4) is 0 Å². The number of hydrogen-bond donors (Lipinski definition) is 0. The lowest BCUT2D eigenvalue weighted by molar-refractivity contribution is 0.509. The summed E-state index contributed by atoms with van der Waals surface area (Å²) in [7, 11) is 0. The molecule has 0 spiro atoms. The third-order valence-corrected chi connectivity index (χ3v) is 5.98. The van der Waals surface area contributed by atoms with Gasteiger partial charge in [-0.3, -0.25) is 9.36 Å².